The highest BCUT2D eigenvalue weighted by molar-refractivity contribution is 7.99. The zero-order valence-electron chi connectivity index (χ0n) is 11.4. The Kier molecular flexibility index (Phi) is 3.86. The highest BCUT2D eigenvalue weighted by Crippen LogP contribution is 2.26. The lowest BCUT2D eigenvalue weighted by atomic mass is 9.96. The molecule has 1 amide bonds. The minimum absolute atomic E-state index is 0.175. The summed E-state index contributed by atoms with van der Waals surface area (Å²) in [6, 6.07) is 2.46. The predicted octanol–water partition coefficient (Wildman–Crippen LogP) is 1.69. The number of aromatic nitrogens is 2. The summed E-state index contributed by atoms with van der Waals surface area (Å²) >= 11 is 1.80. The summed E-state index contributed by atoms with van der Waals surface area (Å²) in [4.78, 5) is 19.1. The molecule has 3 rings (SSSR count). The number of benzene rings is 1. The van der Waals surface area contributed by atoms with Gasteiger partial charge in [-0.05, 0) is 36.5 Å². The first kappa shape index (κ1) is 14.3. The number of carbonyl (C=O) groups excluding carboxylic acids is 1. The van der Waals surface area contributed by atoms with Gasteiger partial charge in [-0.1, -0.05) is 0 Å². The van der Waals surface area contributed by atoms with E-state index >= 15 is 0 Å². The number of nitrogens with one attached hydrogen (secondary N) is 2. The molecule has 5 nitrogen and oxygen atoms in total. The first-order valence-corrected chi connectivity index (χ1v) is 7.94. The lowest BCUT2D eigenvalue weighted by Gasteiger charge is -2.31. The zero-order valence-corrected chi connectivity index (χ0v) is 12.2. The van der Waals surface area contributed by atoms with Crippen LogP contribution in [0, 0.1) is 5.82 Å². The third kappa shape index (κ3) is 3.03. The maximum Gasteiger partial charge on any atom is 0.253 e. The molecule has 2 heterocycles. The first-order chi connectivity index (χ1) is 10.1. The van der Waals surface area contributed by atoms with E-state index in [0.29, 0.717) is 23.9 Å². The standard InChI is InChI=1S/C14H16FN3O2S/c15-9-5-10(12-11(6-9)17-8-18-12)13(19)16-7-14(20)1-3-21-4-2-14/h5-6,8,20H,1-4,7H2,(H,16,19)(H,17,18). The van der Waals surface area contributed by atoms with Crippen molar-refractivity contribution in [2.45, 2.75) is 18.4 Å². The van der Waals surface area contributed by atoms with Gasteiger partial charge in [-0.25, -0.2) is 9.37 Å². The fourth-order valence-corrected chi connectivity index (χ4v) is 3.71. The molecule has 0 aliphatic carbocycles. The Morgan fingerprint density at radius 1 is 1.48 bits per heavy atom. The van der Waals surface area contributed by atoms with E-state index in [0.717, 1.165) is 11.5 Å². The Morgan fingerprint density at radius 2 is 2.24 bits per heavy atom. The number of H-pyrrole nitrogens is 1. The van der Waals surface area contributed by atoms with E-state index in [1.165, 1.54) is 18.5 Å². The highest BCUT2D eigenvalue weighted by Gasteiger charge is 2.30. The SMILES string of the molecule is O=C(NCC1(O)CCSCC1)c1cc(F)cc2[nH]cnc12. The summed E-state index contributed by atoms with van der Waals surface area (Å²) in [6.45, 7) is 0.175. The van der Waals surface area contributed by atoms with Gasteiger partial charge in [0.1, 0.15) is 11.3 Å². The minimum atomic E-state index is -0.862. The monoisotopic (exact) mass is 309 g/mol. The molecular formula is C14H16FN3O2S. The van der Waals surface area contributed by atoms with E-state index in [1.54, 1.807) is 11.8 Å². The van der Waals surface area contributed by atoms with Gasteiger partial charge in [-0.3, -0.25) is 4.79 Å². The molecule has 0 unspecified atom stereocenters. The molecule has 7 heteroatoms. The summed E-state index contributed by atoms with van der Waals surface area (Å²) in [5.74, 6) is 0.856. The smallest absolute Gasteiger partial charge is 0.253 e. The Bertz CT molecular complexity index is 667. The summed E-state index contributed by atoms with van der Waals surface area (Å²) in [6.07, 6.45) is 2.73. The predicted molar refractivity (Wildman–Crippen MR) is 79.9 cm³/mol. The molecule has 2 aromatic rings. The van der Waals surface area contributed by atoms with Crippen LogP contribution >= 0.6 is 11.8 Å². The van der Waals surface area contributed by atoms with Crippen LogP contribution in [0.3, 0.4) is 0 Å². The first-order valence-electron chi connectivity index (χ1n) is 6.78. The molecule has 112 valence electrons. The molecule has 1 aromatic carbocycles. The van der Waals surface area contributed by atoms with Gasteiger partial charge in [0.2, 0.25) is 0 Å². The molecule has 1 saturated heterocycles. The molecule has 3 N–H and O–H groups in total. The third-order valence-electron chi connectivity index (χ3n) is 3.73. The van der Waals surface area contributed by atoms with Crippen molar-refractivity contribution in [2.24, 2.45) is 0 Å². The molecular weight excluding hydrogens is 293 g/mol. The number of imidazole rings is 1. The molecule has 0 spiro atoms. The average molecular weight is 309 g/mol. The molecule has 1 aliphatic rings. The van der Waals surface area contributed by atoms with Gasteiger partial charge >= 0.3 is 0 Å². The molecule has 0 bridgehead atoms. The molecule has 1 aromatic heterocycles. The van der Waals surface area contributed by atoms with Crippen LogP contribution in [0.5, 0.6) is 0 Å². The van der Waals surface area contributed by atoms with Crippen molar-refractivity contribution in [3.63, 3.8) is 0 Å². The Balaban J connectivity index is 1.76. The third-order valence-corrected chi connectivity index (χ3v) is 4.72. The minimum Gasteiger partial charge on any atom is -0.388 e. The van der Waals surface area contributed by atoms with E-state index in [2.05, 4.69) is 15.3 Å². The van der Waals surface area contributed by atoms with Gasteiger partial charge < -0.3 is 15.4 Å². The van der Waals surface area contributed by atoms with Gasteiger partial charge in [-0.15, -0.1) is 0 Å². The molecule has 1 aliphatic heterocycles. The van der Waals surface area contributed by atoms with Gasteiger partial charge in [0, 0.05) is 6.54 Å². The Labute approximate surface area is 125 Å². The number of amides is 1. The number of thioether (sulfide) groups is 1. The van der Waals surface area contributed by atoms with Crippen LogP contribution in [0.4, 0.5) is 4.39 Å². The maximum atomic E-state index is 13.5. The fraction of sp³-hybridized carbons (Fsp3) is 0.429. The van der Waals surface area contributed by atoms with Crippen molar-refractivity contribution in [1.29, 1.82) is 0 Å². The van der Waals surface area contributed by atoms with E-state index < -0.39 is 17.3 Å². The van der Waals surface area contributed by atoms with E-state index in [9.17, 15) is 14.3 Å². The molecule has 1 fully saturated rings. The van der Waals surface area contributed by atoms with E-state index in [-0.39, 0.29) is 12.1 Å². The summed E-state index contributed by atoms with van der Waals surface area (Å²) in [7, 11) is 0. The number of carbonyl (C=O) groups is 1. The van der Waals surface area contributed by atoms with Crippen LogP contribution in [0.1, 0.15) is 23.2 Å². The van der Waals surface area contributed by atoms with Crippen molar-refractivity contribution in [3.8, 4) is 0 Å². The Morgan fingerprint density at radius 3 is 3.00 bits per heavy atom. The molecule has 21 heavy (non-hydrogen) atoms. The topological polar surface area (TPSA) is 78.0 Å². The van der Waals surface area contributed by atoms with Gasteiger partial charge in [0.05, 0.1) is 23.0 Å². The molecule has 0 saturated carbocycles. The number of hydrogen-bond acceptors (Lipinski definition) is 4. The lowest BCUT2D eigenvalue weighted by Crippen LogP contribution is -2.45. The van der Waals surface area contributed by atoms with Gasteiger partial charge in [0.25, 0.3) is 5.91 Å². The summed E-state index contributed by atoms with van der Waals surface area (Å²) in [5, 5.41) is 13.1. The van der Waals surface area contributed by atoms with Crippen LogP contribution < -0.4 is 5.32 Å². The summed E-state index contributed by atoms with van der Waals surface area (Å²) < 4.78 is 13.5. The van der Waals surface area contributed by atoms with Crippen LogP contribution in [0.25, 0.3) is 11.0 Å². The van der Waals surface area contributed by atoms with Crippen molar-refractivity contribution >= 4 is 28.7 Å². The highest BCUT2D eigenvalue weighted by atomic mass is 32.2. The number of aliphatic hydroxyl groups is 1. The number of aromatic amines is 1. The van der Waals surface area contributed by atoms with Crippen molar-refractivity contribution in [2.75, 3.05) is 18.1 Å². The number of halogens is 1. The molecule has 0 radical (unpaired) electrons. The van der Waals surface area contributed by atoms with Crippen LogP contribution in [-0.4, -0.2) is 44.6 Å². The largest absolute Gasteiger partial charge is 0.388 e. The average Bonchev–Trinajstić information content (AvgIpc) is 2.93. The second kappa shape index (κ2) is 5.65. The number of hydrogen-bond donors (Lipinski definition) is 3. The second-order valence-electron chi connectivity index (χ2n) is 5.27. The number of nitrogens with zero attached hydrogens (tertiary/aromatic N) is 1. The van der Waals surface area contributed by atoms with Gasteiger partial charge in [-0.2, -0.15) is 11.8 Å². The molecule has 0 atom stereocenters. The fourth-order valence-electron chi connectivity index (χ4n) is 2.46. The van der Waals surface area contributed by atoms with Gasteiger partial charge in [0.15, 0.2) is 0 Å². The van der Waals surface area contributed by atoms with Crippen LogP contribution in [0.2, 0.25) is 0 Å². The van der Waals surface area contributed by atoms with E-state index in [1.807, 2.05) is 0 Å². The maximum absolute atomic E-state index is 13.5. The number of fused-ring (bicyclic) bond motifs is 1. The number of rotatable bonds is 3. The lowest BCUT2D eigenvalue weighted by molar-refractivity contribution is 0.0311. The summed E-state index contributed by atoms with van der Waals surface area (Å²) in [5.41, 5.74) is 0.229. The quantitative estimate of drug-likeness (QED) is 0.806. The Hall–Kier alpha value is -1.60. The van der Waals surface area contributed by atoms with Crippen molar-refractivity contribution < 1.29 is 14.3 Å². The van der Waals surface area contributed by atoms with Crippen LogP contribution in [-0.2, 0) is 0 Å². The van der Waals surface area contributed by atoms with Crippen LogP contribution in [0.15, 0.2) is 18.5 Å². The van der Waals surface area contributed by atoms with Crippen molar-refractivity contribution in [1.82, 2.24) is 15.3 Å². The van der Waals surface area contributed by atoms with E-state index in [4.69, 9.17) is 0 Å². The second-order valence-corrected chi connectivity index (χ2v) is 6.50. The zero-order chi connectivity index (χ0) is 14.9. The normalized spacial score (nSPS) is 17.8. The van der Waals surface area contributed by atoms with Crippen molar-refractivity contribution in [3.05, 3.63) is 29.8 Å².